The largest absolute Gasteiger partial charge is 0.410 e. The first-order chi connectivity index (χ1) is 15.9. The number of nitrogens with zero attached hydrogens (tertiary/aromatic N) is 3. The van der Waals surface area contributed by atoms with Crippen molar-refractivity contribution in [1.82, 2.24) is 9.88 Å². The Morgan fingerprint density at radius 1 is 1.00 bits per heavy atom. The number of amides is 2. The normalized spacial score (nSPS) is 19.1. The van der Waals surface area contributed by atoms with Crippen LogP contribution in [0.25, 0.3) is 11.1 Å². The highest BCUT2D eigenvalue weighted by atomic mass is 28.2. The highest BCUT2D eigenvalue weighted by Gasteiger charge is 2.42. The van der Waals surface area contributed by atoms with Gasteiger partial charge in [-0.3, -0.25) is 14.6 Å². The lowest BCUT2D eigenvalue weighted by molar-refractivity contribution is -0.132. The monoisotopic (exact) mass is 477 g/mol. The van der Waals surface area contributed by atoms with Crippen LogP contribution in [-0.2, 0) is 27.0 Å². The van der Waals surface area contributed by atoms with Crippen molar-refractivity contribution in [2.75, 3.05) is 11.9 Å². The second kappa shape index (κ2) is 9.27. The van der Waals surface area contributed by atoms with E-state index in [1.165, 1.54) is 5.56 Å². The fourth-order valence-electron chi connectivity index (χ4n) is 4.77. The molecule has 0 aliphatic carbocycles. The molecule has 0 N–H and O–H groups in total. The number of aryl methyl sites for hydroxylation is 1. The molecule has 2 aliphatic heterocycles. The van der Waals surface area contributed by atoms with Gasteiger partial charge in [-0.25, -0.2) is 0 Å². The van der Waals surface area contributed by atoms with Gasteiger partial charge in [-0.05, 0) is 66.6 Å². The Kier molecular flexibility index (Phi) is 6.71. The number of aromatic nitrogens is 1. The summed E-state index contributed by atoms with van der Waals surface area (Å²) in [5, 5.41) is 0.0972. The Morgan fingerprint density at radius 3 is 2.50 bits per heavy atom. The van der Waals surface area contributed by atoms with Crippen LogP contribution in [0.4, 0.5) is 5.69 Å². The van der Waals surface area contributed by atoms with Gasteiger partial charge in [0.2, 0.25) is 21.6 Å². The van der Waals surface area contributed by atoms with Gasteiger partial charge in [0.15, 0.2) is 0 Å². The van der Waals surface area contributed by atoms with Crippen LogP contribution in [0.3, 0.4) is 0 Å². The molecule has 0 bridgehead atoms. The lowest BCUT2D eigenvalue weighted by atomic mass is 9.95. The Morgan fingerprint density at radius 2 is 1.76 bits per heavy atom. The predicted octanol–water partition coefficient (Wildman–Crippen LogP) is 4.78. The molecule has 2 amide bonds. The molecule has 4 rings (SSSR count). The van der Waals surface area contributed by atoms with E-state index in [0.29, 0.717) is 29.1 Å². The van der Waals surface area contributed by atoms with E-state index < -0.39 is 5.60 Å². The zero-order valence-corrected chi connectivity index (χ0v) is 22.1. The average Bonchev–Trinajstić information content (AvgIpc) is 3.15. The molecule has 1 atom stereocenters. The second-order valence-corrected chi connectivity index (χ2v) is 12.9. The summed E-state index contributed by atoms with van der Waals surface area (Å²) >= 11 is 0. The third kappa shape index (κ3) is 5.25. The van der Waals surface area contributed by atoms with Gasteiger partial charge in [0.05, 0.1) is 11.6 Å². The maximum atomic E-state index is 12.8. The number of carbonyl (C=O) groups excluding carboxylic acids is 2. The van der Waals surface area contributed by atoms with Crippen molar-refractivity contribution in [3.8, 4) is 11.1 Å². The SMILES string of the molecule is CN1C(=O)CCc2cc(-c3cncc(CN4C(=O)CC[C@H]4C(C)(C)O[Si]C(C)(C)C)c3)ccc21. The molecule has 7 heteroatoms. The summed E-state index contributed by atoms with van der Waals surface area (Å²) in [6, 6.07) is 8.38. The molecule has 34 heavy (non-hydrogen) atoms. The molecule has 180 valence electrons. The van der Waals surface area contributed by atoms with E-state index in [4.69, 9.17) is 4.43 Å². The quantitative estimate of drug-likeness (QED) is 0.562. The highest BCUT2D eigenvalue weighted by molar-refractivity contribution is 6.31. The van der Waals surface area contributed by atoms with Crippen molar-refractivity contribution in [3.63, 3.8) is 0 Å². The Labute approximate surface area is 205 Å². The molecule has 3 heterocycles. The van der Waals surface area contributed by atoms with E-state index in [9.17, 15) is 9.59 Å². The van der Waals surface area contributed by atoms with Crippen LogP contribution in [-0.4, -0.2) is 50.2 Å². The van der Waals surface area contributed by atoms with Gasteiger partial charge < -0.3 is 14.2 Å². The summed E-state index contributed by atoms with van der Waals surface area (Å²) in [5.74, 6) is 0.330. The van der Waals surface area contributed by atoms with Gasteiger partial charge in [0, 0.05) is 50.1 Å². The minimum Gasteiger partial charge on any atom is -0.410 e. The van der Waals surface area contributed by atoms with Gasteiger partial charge in [0.1, 0.15) is 0 Å². The summed E-state index contributed by atoms with van der Waals surface area (Å²) in [6.45, 7) is 11.3. The Hall–Kier alpha value is -2.51. The van der Waals surface area contributed by atoms with E-state index in [1.54, 1.807) is 4.90 Å². The van der Waals surface area contributed by atoms with Crippen LogP contribution in [0.5, 0.6) is 0 Å². The number of hydrogen-bond acceptors (Lipinski definition) is 4. The summed E-state index contributed by atoms with van der Waals surface area (Å²) in [5.41, 5.74) is 4.86. The molecule has 1 aromatic heterocycles. The first-order valence-corrected chi connectivity index (χ1v) is 12.9. The maximum absolute atomic E-state index is 12.8. The number of fused-ring (bicyclic) bond motifs is 1. The fraction of sp³-hybridized carbons (Fsp3) is 0.519. The topological polar surface area (TPSA) is 62.7 Å². The lowest BCUT2D eigenvalue weighted by Gasteiger charge is -2.39. The number of hydrogen-bond donors (Lipinski definition) is 0. The zero-order valence-electron chi connectivity index (χ0n) is 21.1. The van der Waals surface area contributed by atoms with Gasteiger partial charge in [-0.1, -0.05) is 26.8 Å². The summed E-state index contributed by atoms with van der Waals surface area (Å²) < 4.78 is 6.35. The van der Waals surface area contributed by atoms with E-state index in [0.717, 1.165) is 35.2 Å². The number of anilines is 1. The molecular formula is C27H35N3O3Si. The van der Waals surface area contributed by atoms with Crippen LogP contribution in [0.15, 0.2) is 36.7 Å². The van der Waals surface area contributed by atoms with E-state index in [1.807, 2.05) is 36.5 Å². The molecule has 1 aromatic carbocycles. The standard InChI is InChI=1S/C27H35N3O3Si/c1-26(2,3)34-33-27(4,5)23-10-12-25(32)30(23)17-18-13-21(16-28-15-18)19-7-9-22-20(14-19)8-11-24(31)29(22)6/h7,9,13-16,23H,8,10-12,17H2,1-6H3/t23-/m0/s1. The van der Waals surface area contributed by atoms with E-state index in [2.05, 4.69) is 51.7 Å². The van der Waals surface area contributed by atoms with Crippen LogP contribution < -0.4 is 4.90 Å². The molecule has 2 aromatic rings. The number of pyridine rings is 1. The van der Waals surface area contributed by atoms with E-state index >= 15 is 0 Å². The molecular weight excluding hydrogens is 442 g/mol. The molecule has 0 spiro atoms. The van der Waals surface area contributed by atoms with Crippen molar-refractivity contribution in [2.24, 2.45) is 0 Å². The number of rotatable bonds is 6. The van der Waals surface area contributed by atoms with Gasteiger partial charge in [0.25, 0.3) is 0 Å². The molecule has 6 nitrogen and oxygen atoms in total. The predicted molar refractivity (Wildman–Crippen MR) is 136 cm³/mol. The highest BCUT2D eigenvalue weighted by Crippen LogP contribution is 2.35. The summed E-state index contributed by atoms with van der Waals surface area (Å²) in [7, 11) is 2.20. The third-order valence-corrected chi connectivity index (χ3v) is 7.90. The van der Waals surface area contributed by atoms with Gasteiger partial charge in [-0.2, -0.15) is 0 Å². The number of carbonyl (C=O) groups is 2. The van der Waals surface area contributed by atoms with Crippen molar-refractivity contribution < 1.29 is 14.0 Å². The van der Waals surface area contributed by atoms with E-state index in [-0.39, 0.29) is 22.9 Å². The second-order valence-electron chi connectivity index (χ2n) is 11.0. The Balaban J connectivity index is 1.54. The molecule has 2 aliphatic rings. The van der Waals surface area contributed by atoms with Crippen molar-refractivity contribution >= 4 is 27.3 Å². The van der Waals surface area contributed by atoms with Gasteiger partial charge >= 0.3 is 0 Å². The van der Waals surface area contributed by atoms with Crippen molar-refractivity contribution in [1.29, 1.82) is 0 Å². The first kappa shape index (κ1) is 24.6. The lowest BCUT2D eigenvalue weighted by Crippen LogP contribution is -2.49. The summed E-state index contributed by atoms with van der Waals surface area (Å²) in [4.78, 5) is 33.0. The maximum Gasteiger partial charge on any atom is 0.236 e. The third-order valence-electron chi connectivity index (χ3n) is 6.66. The summed E-state index contributed by atoms with van der Waals surface area (Å²) in [6.07, 6.45) is 6.38. The molecule has 0 saturated carbocycles. The number of likely N-dealkylation sites (tertiary alicyclic amines) is 1. The minimum atomic E-state index is -0.412. The van der Waals surface area contributed by atoms with Crippen molar-refractivity contribution in [2.45, 2.75) is 83.5 Å². The van der Waals surface area contributed by atoms with Crippen LogP contribution in [0, 0.1) is 0 Å². The minimum absolute atomic E-state index is 0.0373. The molecule has 0 unspecified atom stereocenters. The average molecular weight is 478 g/mol. The van der Waals surface area contributed by atoms with Crippen molar-refractivity contribution in [3.05, 3.63) is 47.8 Å². The van der Waals surface area contributed by atoms with Gasteiger partial charge in [-0.15, -0.1) is 0 Å². The molecule has 2 radical (unpaired) electrons. The fourth-order valence-corrected chi connectivity index (χ4v) is 5.48. The molecule has 1 fully saturated rings. The molecule has 1 saturated heterocycles. The first-order valence-electron chi connectivity index (χ1n) is 12.0. The van der Waals surface area contributed by atoms with Crippen LogP contribution in [0.1, 0.15) is 65.0 Å². The van der Waals surface area contributed by atoms with Crippen LogP contribution in [0.2, 0.25) is 5.04 Å². The Bertz CT molecular complexity index is 1090. The smallest absolute Gasteiger partial charge is 0.236 e. The number of benzene rings is 1. The zero-order chi connectivity index (χ0) is 24.7. The van der Waals surface area contributed by atoms with Crippen LogP contribution >= 0.6 is 0 Å².